The summed E-state index contributed by atoms with van der Waals surface area (Å²) in [6.45, 7) is 7.61. The summed E-state index contributed by atoms with van der Waals surface area (Å²) in [4.78, 5) is 67.0. The number of hydrogen-bond acceptors (Lipinski definition) is 8. The van der Waals surface area contributed by atoms with Crippen LogP contribution >= 0.6 is 0 Å². The van der Waals surface area contributed by atoms with Gasteiger partial charge in [0.25, 0.3) is 0 Å². The van der Waals surface area contributed by atoms with E-state index in [1.54, 1.807) is 0 Å². The van der Waals surface area contributed by atoms with Gasteiger partial charge in [0.1, 0.15) is 17.7 Å². The van der Waals surface area contributed by atoms with Crippen LogP contribution in [-0.2, 0) is 19.1 Å². The molecule has 4 aromatic rings. The molecule has 5 N–H and O–H groups in total. The molecule has 2 aromatic carbocycles. The monoisotopic (exact) mass is 749 g/mol. The predicted octanol–water partition coefficient (Wildman–Crippen LogP) is 6.32. The third-order valence-electron chi connectivity index (χ3n) is 10.9. The van der Waals surface area contributed by atoms with Gasteiger partial charge in [0.15, 0.2) is 5.78 Å². The molecule has 2 saturated carbocycles. The first-order valence-electron chi connectivity index (χ1n) is 19.2. The lowest BCUT2D eigenvalue weighted by Crippen LogP contribution is -2.52. The zero-order chi connectivity index (χ0) is 39.2. The largest absolute Gasteiger partial charge is 0.453 e. The van der Waals surface area contributed by atoms with Crippen LogP contribution in [0.15, 0.2) is 48.7 Å². The number of nitrogens with one attached hydrogen (secondary N) is 5. The van der Waals surface area contributed by atoms with E-state index in [1.165, 1.54) is 14.2 Å². The molecule has 6 atom stereocenters. The number of imidazole rings is 2. The van der Waals surface area contributed by atoms with Crippen molar-refractivity contribution in [3.63, 3.8) is 0 Å². The molecule has 0 radical (unpaired) electrons. The highest BCUT2D eigenvalue weighted by atomic mass is 16.5. The standard InChI is InChI=1S/C42H51N7O6/c1-23(2)35(48-41(52)54-5)37(50)28-9-7-10-29(28)39-44-32-20-17-26(21-33(32)45-39)14-13-25-15-18-27(19-16-25)34-22-43-38(46-34)30-11-8-12-31(30)47-40(51)36(24(3)4)49-42(53)55-6/h15-24,28-31,35-36H,7-12H2,1-6H3,(H,43,46)(H,44,45)(H,47,51)(H,48,52)(H,49,53)/t28?,29-,30-,31-,35+,36+/m1/s1. The topological polar surface area (TPSA) is 180 Å². The Morgan fingerprint density at radius 2 is 1.40 bits per heavy atom. The maximum atomic E-state index is 13.6. The number of fused-ring (bicyclic) bond motifs is 1. The molecule has 2 aromatic heterocycles. The number of carbonyl (C=O) groups excluding carboxylic acids is 4. The maximum absolute atomic E-state index is 13.6. The molecule has 0 aliphatic heterocycles. The molecule has 3 amide bonds. The first kappa shape index (κ1) is 39.1. The minimum atomic E-state index is -0.695. The lowest BCUT2D eigenvalue weighted by molar-refractivity contribution is -0.126. The van der Waals surface area contributed by atoms with Gasteiger partial charge in [-0.2, -0.15) is 0 Å². The lowest BCUT2D eigenvalue weighted by Gasteiger charge is -2.26. The Morgan fingerprint density at radius 3 is 2.09 bits per heavy atom. The first-order valence-corrected chi connectivity index (χ1v) is 19.2. The number of benzene rings is 2. The van der Waals surface area contributed by atoms with Crippen molar-refractivity contribution in [2.45, 2.75) is 96.2 Å². The Bertz CT molecular complexity index is 2070. The number of aromatic amines is 2. The van der Waals surface area contributed by atoms with Crippen LogP contribution in [0, 0.1) is 29.6 Å². The minimum absolute atomic E-state index is 0.0182. The summed E-state index contributed by atoms with van der Waals surface area (Å²) in [7, 11) is 2.58. The Kier molecular flexibility index (Phi) is 12.2. The summed E-state index contributed by atoms with van der Waals surface area (Å²) < 4.78 is 9.48. The third-order valence-corrected chi connectivity index (χ3v) is 10.9. The van der Waals surface area contributed by atoms with Gasteiger partial charge in [-0.1, -0.05) is 64.5 Å². The number of hydrogen-bond donors (Lipinski definition) is 5. The van der Waals surface area contributed by atoms with Crippen molar-refractivity contribution < 1.29 is 28.7 Å². The molecule has 55 heavy (non-hydrogen) atoms. The fourth-order valence-electron chi connectivity index (χ4n) is 7.90. The zero-order valence-corrected chi connectivity index (χ0v) is 32.3. The summed E-state index contributed by atoms with van der Waals surface area (Å²) in [5.74, 6) is 7.50. The second-order valence-electron chi connectivity index (χ2n) is 15.3. The van der Waals surface area contributed by atoms with Gasteiger partial charge >= 0.3 is 12.2 Å². The number of H-pyrrole nitrogens is 2. The van der Waals surface area contributed by atoms with Crippen molar-refractivity contribution in [3.05, 3.63) is 71.4 Å². The number of methoxy groups -OCH3 is 2. The predicted molar refractivity (Wildman–Crippen MR) is 208 cm³/mol. The van der Waals surface area contributed by atoms with E-state index in [0.717, 1.165) is 83.6 Å². The molecule has 1 unspecified atom stereocenters. The van der Waals surface area contributed by atoms with Gasteiger partial charge in [0.05, 0.1) is 43.2 Å². The zero-order valence-electron chi connectivity index (χ0n) is 32.3. The first-order chi connectivity index (χ1) is 26.4. The van der Waals surface area contributed by atoms with Crippen LogP contribution in [0.1, 0.15) is 101 Å². The molecule has 2 aliphatic rings. The molecule has 2 heterocycles. The number of amides is 3. The van der Waals surface area contributed by atoms with Crippen molar-refractivity contribution in [2.24, 2.45) is 17.8 Å². The molecular formula is C42H51N7O6. The average molecular weight is 750 g/mol. The van der Waals surface area contributed by atoms with E-state index >= 15 is 0 Å². The summed E-state index contributed by atoms with van der Waals surface area (Å²) in [6, 6.07) is 12.4. The van der Waals surface area contributed by atoms with E-state index in [9.17, 15) is 19.2 Å². The average Bonchev–Trinajstić information content (AvgIpc) is 4.01. The van der Waals surface area contributed by atoms with E-state index in [0.29, 0.717) is 0 Å². The number of carbonyl (C=O) groups is 4. The second kappa shape index (κ2) is 17.2. The van der Waals surface area contributed by atoms with Gasteiger partial charge in [0, 0.05) is 34.9 Å². The van der Waals surface area contributed by atoms with Crippen molar-refractivity contribution in [2.75, 3.05) is 14.2 Å². The molecule has 6 rings (SSSR count). The highest BCUT2D eigenvalue weighted by Crippen LogP contribution is 2.41. The van der Waals surface area contributed by atoms with Crippen molar-refractivity contribution >= 4 is 34.9 Å². The fraction of sp³-hybridized carbons (Fsp3) is 0.476. The summed E-state index contributed by atoms with van der Waals surface area (Å²) in [5, 5.41) is 8.52. The molecule has 13 heteroatoms. The second-order valence-corrected chi connectivity index (χ2v) is 15.3. The summed E-state index contributed by atoms with van der Waals surface area (Å²) in [5.41, 5.74) is 5.23. The van der Waals surface area contributed by atoms with Gasteiger partial charge in [-0.15, -0.1) is 0 Å². The molecule has 290 valence electrons. The summed E-state index contributed by atoms with van der Waals surface area (Å²) >= 11 is 0. The number of alkyl carbamates (subject to hydrolysis) is 2. The molecule has 0 bridgehead atoms. The van der Waals surface area contributed by atoms with E-state index in [4.69, 9.17) is 19.4 Å². The number of Topliss-reactive ketones (excluding diaryl/α,β-unsaturated/α-hetero) is 1. The van der Waals surface area contributed by atoms with Crippen LogP contribution in [0.25, 0.3) is 22.3 Å². The van der Waals surface area contributed by atoms with Gasteiger partial charge in [-0.3, -0.25) is 9.59 Å². The number of nitrogens with zero attached hydrogens (tertiary/aromatic N) is 2. The molecule has 2 aliphatic carbocycles. The van der Waals surface area contributed by atoms with E-state index < -0.39 is 24.3 Å². The van der Waals surface area contributed by atoms with E-state index in [2.05, 4.69) is 37.8 Å². The highest BCUT2D eigenvalue weighted by Gasteiger charge is 2.40. The number of aromatic nitrogens is 4. The molecular weight excluding hydrogens is 699 g/mol. The molecule has 0 spiro atoms. The summed E-state index contributed by atoms with van der Waals surface area (Å²) in [6.07, 6.45) is 5.78. The molecule has 0 saturated heterocycles. The van der Waals surface area contributed by atoms with Crippen LogP contribution in [0.3, 0.4) is 0 Å². The Morgan fingerprint density at radius 1 is 0.764 bits per heavy atom. The van der Waals surface area contributed by atoms with Gasteiger partial charge in [-0.05, 0) is 73.4 Å². The van der Waals surface area contributed by atoms with Crippen LogP contribution in [0.4, 0.5) is 9.59 Å². The lowest BCUT2D eigenvalue weighted by atomic mass is 9.84. The van der Waals surface area contributed by atoms with Crippen LogP contribution in [0.2, 0.25) is 0 Å². The van der Waals surface area contributed by atoms with Gasteiger partial charge in [-0.25, -0.2) is 19.6 Å². The SMILES string of the molecule is COC(=O)N[C@H](C(=O)N[C@@H]1CCC[C@H]1c1ncc(-c2ccc(C#Cc3ccc4nc([C@@H]5CCCC5C(=O)[C@@H](NC(=O)OC)C(C)C)[nH]c4c3)cc2)[nH]1)C(C)C. The quantitative estimate of drug-likeness (QED) is 0.111. The smallest absolute Gasteiger partial charge is 0.407 e. The molecule has 13 nitrogen and oxygen atoms in total. The van der Waals surface area contributed by atoms with Crippen LogP contribution in [-0.4, -0.2) is 76.2 Å². The Balaban J connectivity index is 1.10. The van der Waals surface area contributed by atoms with Gasteiger partial charge < -0.3 is 35.4 Å². The fourth-order valence-corrected chi connectivity index (χ4v) is 7.90. The molecule has 2 fully saturated rings. The minimum Gasteiger partial charge on any atom is -0.453 e. The van der Waals surface area contributed by atoms with Gasteiger partial charge in [0.2, 0.25) is 5.91 Å². The van der Waals surface area contributed by atoms with Crippen LogP contribution < -0.4 is 16.0 Å². The van der Waals surface area contributed by atoms with Crippen molar-refractivity contribution in [3.8, 4) is 23.1 Å². The van der Waals surface area contributed by atoms with Crippen LogP contribution in [0.5, 0.6) is 0 Å². The Hall–Kier alpha value is -5.64. The maximum Gasteiger partial charge on any atom is 0.407 e. The number of ether oxygens (including phenoxy) is 2. The van der Waals surface area contributed by atoms with Crippen molar-refractivity contribution in [1.82, 2.24) is 35.9 Å². The number of rotatable bonds is 11. The Labute approximate surface area is 321 Å². The van der Waals surface area contributed by atoms with E-state index in [-0.39, 0.29) is 47.3 Å². The number of ketones is 1. The van der Waals surface area contributed by atoms with Crippen molar-refractivity contribution in [1.29, 1.82) is 0 Å². The third kappa shape index (κ3) is 9.02. The highest BCUT2D eigenvalue weighted by molar-refractivity contribution is 5.90. The van der Waals surface area contributed by atoms with E-state index in [1.807, 2.05) is 76.4 Å². The normalized spacial score (nSPS) is 20.4.